The minimum absolute atomic E-state index is 0.0534. The van der Waals surface area contributed by atoms with Crippen molar-refractivity contribution in [2.24, 2.45) is 0 Å². The highest BCUT2D eigenvalue weighted by atomic mass is 35.5. The van der Waals surface area contributed by atoms with Crippen molar-refractivity contribution in [2.75, 3.05) is 18.4 Å². The third-order valence-electron chi connectivity index (χ3n) is 4.54. The lowest BCUT2D eigenvalue weighted by molar-refractivity contribution is -0.137. The first-order valence-electron chi connectivity index (χ1n) is 8.83. The van der Waals surface area contributed by atoms with Crippen LogP contribution in [0.1, 0.15) is 24.0 Å². The first-order valence-corrected chi connectivity index (χ1v) is 10.6. The summed E-state index contributed by atoms with van der Waals surface area (Å²) in [5, 5.41) is 2.62. The summed E-state index contributed by atoms with van der Waals surface area (Å²) in [6, 6.07) is 8.42. The van der Waals surface area contributed by atoms with Gasteiger partial charge in [0, 0.05) is 18.8 Å². The molecular formula is C19H18ClF3N2O3S. The smallest absolute Gasteiger partial charge is 0.326 e. The normalized spacial score (nSPS) is 15.4. The van der Waals surface area contributed by atoms with Gasteiger partial charge in [-0.3, -0.25) is 4.79 Å². The Morgan fingerprint density at radius 3 is 2.28 bits per heavy atom. The lowest BCUT2D eigenvalue weighted by Crippen LogP contribution is -2.28. The number of benzene rings is 2. The molecule has 1 fully saturated rings. The minimum Gasteiger partial charge on any atom is -0.326 e. The number of sulfonamides is 1. The molecule has 3 rings (SSSR count). The van der Waals surface area contributed by atoms with Gasteiger partial charge in [0.1, 0.15) is 4.90 Å². The number of halogens is 4. The van der Waals surface area contributed by atoms with Crippen LogP contribution in [0.5, 0.6) is 0 Å². The van der Waals surface area contributed by atoms with Crippen LogP contribution in [0, 0.1) is 0 Å². The molecule has 156 valence electrons. The number of hydrogen-bond donors (Lipinski definition) is 1. The summed E-state index contributed by atoms with van der Waals surface area (Å²) >= 11 is 6.07. The number of nitrogens with zero attached hydrogens (tertiary/aromatic N) is 1. The Kier molecular flexibility index (Phi) is 6.21. The summed E-state index contributed by atoms with van der Waals surface area (Å²) in [4.78, 5) is 12.2. The molecule has 1 saturated heterocycles. The average molecular weight is 447 g/mol. The van der Waals surface area contributed by atoms with Gasteiger partial charge < -0.3 is 5.32 Å². The molecule has 29 heavy (non-hydrogen) atoms. The number of carbonyl (C=O) groups excluding carboxylic acids is 1. The van der Waals surface area contributed by atoms with Crippen LogP contribution in [0.25, 0.3) is 0 Å². The Balaban J connectivity index is 1.72. The fourth-order valence-electron chi connectivity index (χ4n) is 3.05. The van der Waals surface area contributed by atoms with E-state index in [0.717, 1.165) is 25.0 Å². The van der Waals surface area contributed by atoms with Crippen LogP contribution in [-0.4, -0.2) is 31.7 Å². The molecule has 0 aliphatic carbocycles. The Hall–Kier alpha value is -2.10. The van der Waals surface area contributed by atoms with Gasteiger partial charge in [0.25, 0.3) is 0 Å². The molecule has 1 heterocycles. The first-order chi connectivity index (χ1) is 13.6. The predicted octanol–water partition coefficient (Wildman–Crippen LogP) is 4.32. The molecule has 0 unspecified atom stereocenters. The summed E-state index contributed by atoms with van der Waals surface area (Å²) in [5.74, 6) is -0.489. The topological polar surface area (TPSA) is 66.5 Å². The maximum absolute atomic E-state index is 12.7. The molecule has 0 atom stereocenters. The van der Waals surface area contributed by atoms with Crippen LogP contribution in [0.4, 0.5) is 18.9 Å². The van der Waals surface area contributed by atoms with Crippen LogP contribution in [0.3, 0.4) is 0 Å². The molecule has 1 aliphatic heterocycles. The predicted molar refractivity (Wildman–Crippen MR) is 103 cm³/mol. The summed E-state index contributed by atoms with van der Waals surface area (Å²) < 4.78 is 64.6. The van der Waals surface area contributed by atoms with Crippen molar-refractivity contribution in [3.8, 4) is 0 Å². The third-order valence-corrected chi connectivity index (χ3v) is 6.92. The van der Waals surface area contributed by atoms with E-state index in [1.54, 1.807) is 0 Å². The van der Waals surface area contributed by atoms with Crippen molar-refractivity contribution in [1.82, 2.24) is 4.31 Å². The van der Waals surface area contributed by atoms with E-state index >= 15 is 0 Å². The summed E-state index contributed by atoms with van der Waals surface area (Å²) in [5.41, 5.74) is -0.158. The number of alkyl halides is 3. The van der Waals surface area contributed by atoms with Crippen LogP contribution in [-0.2, 0) is 27.4 Å². The van der Waals surface area contributed by atoms with Crippen LogP contribution in [0.15, 0.2) is 47.4 Å². The number of carbonyl (C=O) groups is 1. The zero-order valence-corrected chi connectivity index (χ0v) is 16.7. The van der Waals surface area contributed by atoms with Gasteiger partial charge in [-0.2, -0.15) is 17.5 Å². The second-order valence-corrected chi connectivity index (χ2v) is 8.99. The lowest BCUT2D eigenvalue weighted by atomic mass is 10.1. The molecule has 0 spiro atoms. The highest BCUT2D eigenvalue weighted by Crippen LogP contribution is 2.30. The summed E-state index contributed by atoms with van der Waals surface area (Å²) in [7, 11) is -3.76. The van der Waals surface area contributed by atoms with Crippen LogP contribution < -0.4 is 5.32 Å². The molecule has 0 bridgehead atoms. The molecule has 5 nitrogen and oxygen atoms in total. The first kappa shape index (κ1) is 21.6. The average Bonchev–Trinajstić information content (AvgIpc) is 3.18. The maximum atomic E-state index is 12.7. The molecule has 1 amide bonds. The standard InChI is InChI=1S/C19H18ClF3N2O3S/c20-16-8-7-15(12-17(16)29(27,28)25-9-1-2-10-25)24-18(26)11-13-3-5-14(6-4-13)19(21,22)23/h3-8,12H,1-2,9-11H2,(H,24,26). The van der Waals surface area contributed by atoms with Gasteiger partial charge in [-0.05, 0) is 48.7 Å². The van der Waals surface area contributed by atoms with E-state index in [2.05, 4.69) is 5.32 Å². The molecule has 1 aliphatic rings. The molecule has 0 aromatic heterocycles. The highest BCUT2D eigenvalue weighted by molar-refractivity contribution is 7.89. The largest absolute Gasteiger partial charge is 0.416 e. The van der Waals surface area contributed by atoms with E-state index in [4.69, 9.17) is 11.6 Å². The van der Waals surface area contributed by atoms with E-state index < -0.39 is 27.7 Å². The van der Waals surface area contributed by atoms with E-state index in [0.29, 0.717) is 18.7 Å². The Morgan fingerprint density at radius 2 is 1.69 bits per heavy atom. The Morgan fingerprint density at radius 1 is 1.07 bits per heavy atom. The zero-order chi connectivity index (χ0) is 21.2. The van der Waals surface area contributed by atoms with E-state index in [9.17, 15) is 26.4 Å². The SMILES string of the molecule is O=C(Cc1ccc(C(F)(F)F)cc1)Nc1ccc(Cl)c(S(=O)(=O)N2CCCC2)c1. The van der Waals surface area contributed by atoms with Crippen LogP contribution >= 0.6 is 11.6 Å². The number of hydrogen-bond acceptors (Lipinski definition) is 3. The molecular weight excluding hydrogens is 429 g/mol. The van der Waals surface area contributed by atoms with Gasteiger partial charge >= 0.3 is 6.18 Å². The fourth-order valence-corrected chi connectivity index (χ4v) is 5.07. The van der Waals surface area contributed by atoms with Crippen molar-refractivity contribution in [1.29, 1.82) is 0 Å². The maximum Gasteiger partial charge on any atom is 0.416 e. The number of nitrogens with one attached hydrogen (secondary N) is 1. The van der Waals surface area contributed by atoms with E-state index in [1.807, 2.05) is 0 Å². The van der Waals surface area contributed by atoms with Crippen molar-refractivity contribution in [2.45, 2.75) is 30.3 Å². The Bertz CT molecular complexity index is 1000. The van der Waals surface area contributed by atoms with Gasteiger partial charge in [0.05, 0.1) is 17.0 Å². The van der Waals surface area contributed by atoms with Crippen molar-refractivity contribution >= 4 is 33.2 Å². The molecule has 2 aromatic rings. The van der Waals surface area contributed by atoms with Crippen molar-refractivity contribution < 1.29 is 26.4 Å². The summed E-state index contributed by atoms with van der Waals surface area (Å²) in [6.45, 7) is 0.840. The summed E-state index contributed by atoms with van der Waals surface area (Å²) in [6.07, 6.45) is -3.04. The Labute approximate surface area is 171 Å². The second-order valence-electron chi connectivity index (χ2n) is 6.68. The number of amides is 1. The van der Waals surface area contributed by atoms with E-state index in [-0.39, 0.29) is 22.0 Å². The number of rotatable bonds is 5. The zero-order valence-electron chi connectivity index (χ0n) is 15.2. The molecule has 10 heteroatoms. The van der Waals surface area contributed by atoms with Gasteiger partial charge in [0.2, 0.25) is 15.9 Å². The molecule has 0 radical (unpaired) electrons. The van der Waals surface area contributed by atoms with Gasteiger partial charge in [-0.1, -0.05) is 23.7 Å². The second kappa shape index (κ2) is 8.33. The van der Waals surface area contributed by atoms with Gasteiger partial charge in [0.15, 0.2) is 0 Å². The molecule has 0 saturated carbocycles. The molecule has 1 N–H and O–H groups in total. The van der Waals surface area contributed by atoms with Crippen molar-refractivity contribution in [3.05, 3.63) is 58.6 Å². The lowest BCUT2D eigenvalue weighted by Gasteiger charge is -2.17. The quantitative estimate of drug-likeness (QED) is 0.743. The van der Waals surface area contributed by atoms with Crippen LogP contribution in [0.2, 0.25) is 5.02 Å². The molecule has 2 aromatic carbocycles. The monoisotopic (exact) mass is 446 g/mol. The van der Waals surface area contributed by atoms with Gasteiger partial charge in [-0.15, -0.1) is 0 Å². The minimum atomic E-state index is -4.44. The van der Waals surface area contributed by atoms with E-state index in [1.165, 1.54) is 34.6 Å². The number of anilines is 1. The highest BCUT2D eigenvalue weighted by Gasteiger charge is 2.30. The third kappa shape index (κ3) is 5.09. The van der Waals surface area contributed by atoms with Gasteiger partial charge in [-0.25, -0.2) is 8.42 Å². The van der Waals surface area contributed by atoms with Crippen molar-refractivity contribution in [3.63, 3.8) is 0 Å². The fraction of sp³-hybridized carbons (Fsp3) is 0.316.